The van der Waals surface area contributed by atoms with Crippen LogP contribution in [0.1, 0.15) is 0 Å². The van der Waals surface area contributed by atoms with Crippen molar-refractivity contribution >= 4 is 32.7 Å². The van der Waals surface area contributed by atoms with E-state index in [1.807, 2.05) is 24.3 Å². The van der Waals surface area contributed by atoms with Crippen molar-refractivity contribution in [3.63, 3.8) is 0 Å². The lowest BCUT2D eigenvalue weighted by Crippen LogP contribution is -1.98. The number of hydrogen-bond donors (Lipinski definition) is 0. The lowest BCUT2D eigenvalue weighted by molar-refractivity contribution is 1.10. The number of benzene rings is 6. The van der Waals surface area contributed by atoms with Gasteiger partial charge in [-0.3, -0.25) is 4.57 Å². The largest absolute Gasteiger partial charge is 0.292 e. The van der Waals surface area contributed by atoms with Gasteiger partial charge in [-0.05, 0) is 41.1 Å². The van der Waals surface area contributed by atoms with Gasteiger partial charge in [-0.25, -0.2) is 15.0 Å². The molecule has 8 aromatic rings. The number of nitrogens with zero attached hydrogens (tertiary/aromatic N) is 4. The number of fused-ring (bicyclic) bond motifs is 3. The molecule has 0 saturated carbocycles. The molecule has 0 radical (unpaired) electrons. The Morgan fingerprint density at radius 1 is 0.439 bits per heavy atom. The van der Waals surface area contributed by atoms with Crippen LogP contribution < -0.4 is 0 Å². The van der Waals surface area contributed by atoms with E-state index in [1.165, 1.54) is 10.8 Å². The molecule has 2 aromatic heterocycles. The highest BCUT2D eigenvalue weighted by Crippen LogP contribution is 2.35. The number of para-hydroxylation sites is 4. The Morgan fingerprint density at radius 3 is 1.95 bits per heavy atom. The SMILES string of the molecule is c1ccc(-n2c(-c3ccc(-c4nc(-c5cccc6ccccc56)c5ccccc5n4)cc3)nc3ccccc32)cc1. The van der Waals surface area contributed by atoms with Crippen LogP contribution in [0.5, 0.6) is 0 Å². The topological polar surface area (TPSA) is 43.6 Å². The van der Waals surface area contributed by atoms with Crippen molar-refractivity contribution in [3.8, 4) is 39.7 Å². The van der Waals surface area contributed by atoms with E-state index in [9.17, 15) is 0 Å². The third-order valence-electron chi connectivity index (χ3n) is 7.62. The third-order valence-corrected chi connectivity index (χ3v) is 7.62. The molecule has 0 amide bonds. The van der Waals surface area contributed by atoms with E-state index in [0.29, 0.717) is 5.82 Å². The number of rotatable bonds is 4. The van der Waals surface area contributed by atoms with Crippen LogP contribution in [0.2, 0.25) is 0 Å². The second-order valence-electron chi connectivity index (χ2n) is 10.1. The average molecular weight is 525 g/mol. The molecular formula is C37H24N4. The lowest BCUT2D eigenvalue weighted by Gasteiger charge is -2.12. The Balaban J connectivity index is 1.28. The van der Waals surface area contributed by atoms with Crippen molar-refractivity contribution in [2.75, 3.05) is 0 Å². The Labute approximate surface area is 237 Å². The lowest BCUT2D eigenvalue weighted by atomic mass is 9.99. The van der Waals surface area contributed by atoms with Gasteiger partial charge in [0, 0.05) is 27.8 Å². The summed E-state index contributed by atoms with van der Waals surface area (Å²) in [5, 5.41) is 3.42. The molecular weight excluding hydrogens is 500 g/mol. The summed E-state index contributed by atoms with van der Waals surface area (Å²) in [6.45, 7) is 0. The second kappa shape index (κ2) is 9.54. The smallest absolute Gasteiger partial charge is 0.160 e. The summed E-state index contributed by atoms with van der Waals surface area (Å²) in [6, 6.07) is 50.2. The molecule has 4 heteroatoms. The maximum absolute atomic E-state index is 5.16. The Hall–Kier alpha value is -5.61. The van der Waals surface area contributed by atoms with Crippen molar-refractivity contribution in [2.45, 2.75) is 0 Å². The molecule has 41 heavy (non-hydrogen) atoms. The van der Waals surface area contributed by atoms with Gasteiger partial charge in [0.25, 0.3) is 0 Å². The minimum atomic E-state index is 0.703. The highest BCUT2D eigenvalue weighted by molar-refractivity contribution is 6.03. The van der Waals surface area contributed by atoms with E-state index < -0.39 is 0 Å². The fourth-order valence-corrected chi connectivity index (χ4v) is 5.67. The first-order chi connectivity index (χ1) is 20.3. The van der Waals surface area contributed by atoms with E-state index in [4.69, 9.17) is 15.0 Å². The molecule has 0 saturated heterocycles. The summed E-state index contributed by atoms with van der Waals surface area (Å²) in [6.07, 6.45) is 0. The first-order valence-electron chi connectivity index (χ1n) is 13.7. The molecule has 0 aliphatic carbocycles. The van der Waals surface area contributed by atoms with Crippen LogP contribution in [0, 0.1) is 0 Å². The summed E-state index contributed by atoms with van der Waals surface area (Å²) in [5.74, 6) is 1.61. The van der Waals surface area contributed by atoms with Crippen LogP contribution in [0.4, 0.5) is 0 Å². The Kier molecular flexibility index (Phi) is 5.42. The van der Waals surface area contributed by atoms with E-state index in [0.717, 1.165) is 55.8 Å². The van der Waals surface area contributed by atoms with Gasteiger partial charge in [-0.2, -0.15) is 0 Å². The minimum absolute atomic E-state index is 0.703. The number of aromatic nitrogens is 4. The van der Waals surface area contributed by atoms with Crippen molar-refractivity contribution in [1.82, 2.24) is 19.5 Å². The predicted molar refractivity (Wildman–Crippen MR) is 168 cm³/mol. The molecule has 0 aliphatic heterocycles. The minimum Gasteiger partial charge on any atom is -0.292 e. The van der Waals surface area contributed by atoms with Gasteiger partial charge < -0.3 is 0 Å². The normalized spacial score (nSPS) is 11.4. The van der Waals surface area contributed by atoms with Crippen molar-refractivity contribution in [3.05, 3.63) is 146 Å². The van der Waals surface area contributed by atoms with Crippen LogP contribution in [-0.2, 0) is 0 Å². The maximum Gasteiger partial charge on any atom is 0.160 e. The molecule has 192 valence electrons. The molecule has 0 bridgehead atoms. The number of hydrogen-bond acceptors (Lipinski definition) is 3. The van der Waals surface area contributed by atoms with E-state index in [1.54, 1.807) is 0 Å². The van der Waals surface area contributed by atoms with Gasteiger partial charge in [0.15, 0.2) is 5.82 Å². The van der Waals surface area contributed by atoms with Gasteiger partial charge in [0.05, 0.1) is 22.2 Å². The van der Waals surface area contributed by atoms with Crippen LogP contribution >= 0.6 is 0 Å². The molecule has 0 aliphatic rings. The molecule has 0 unspecified atom stereocenters. The highest BCUT2D eigenvalue weighted by atomic mass is 15.1. The summed E-state index contributed by atoms with van der Waals surface area (Å²) in [7, 11) is 0. The molecule has 2 heterocycles. The average Bonchev–Trinajstić information content (AvgIpc) is 3.44. The van der Waals surface area contributed by atoms with Crippen molar-refractivity contribution < 1.29 is 0 Å². The Morgan fingerprint density at radius 2 is 1.10 bits per heavy atom. The molecule has 0 atom stereocenters. The standard InChI is InChI=1S/C37H24N4/c1-2-13-28(14-3-1)41-34-20-9-8-19-33(34)39-37(41)27-23-21-26(22-24-27)36-38-32-18-7-6-16-31(32)35(40-36)30-17-10-12-25-11-4-5-15-29(25)30/h1-24H. The van der Waals surface area contributed by atoms with Crippen LogP contribution in [0.15, 0.2) is 146 Å². The van der Waals surface area contributed by atoms with Gasteiger partial charge in [-0.1, -0.05) is 115 Å². The number of imidazole rings is 1. The summed E-state index contributed by atoms with van der Waals surface area (Å²) < 4.78 is 2.22. The van der Waals surface area contributed by atoms with E-state index in [-0.39, 0.29) is 0 Å². The second-order valence-corrected chi connectivity index (χ2v) is 10.1. The van der Waals surface area contributed by atoms with E-state index >= 15 is 0 Å². The summed E-state index contributed by atoms with van der Waals surface area (Å²) in [4.78, 5) is 15.2. The third kappa shape index (κ3) is 3.97. The van der Waals surface area contributed by atoms with Gasteiger partial charge >= 0.3 is 0 Å². The monoisotopic (exact) mass is 524 g/mol. The molecule has 4 nitrogen and oxygen atoms in total. The van der Waals surface area contributed by atoms with Gasteiger partial charge in [0.1, 0.15) is 5.82 Å². The summed E-state index contributed by atoms with van der Waals surface area (Å²) in [5.41, 5.74) is 8.09. The first kappa shape index (κ1) is 23.3. The quantitative estimate of drug-likeness (QED) is 0.231. The molecule has 0 spiro atoms. The van der Waals surface area contributed by atoms with Crippen molar-refractivity contribution in [1.29, 1.82) is 0 Å². The fraction of sp³-hybridized carbons (Fsp3) is 0. The van der Waals surface area contributed by atoms with Crippen LogP contribution in [0.3, 0.4) is 0 Å². The van der Waals surface area contributed by atoms with E-state index in [2.05, 4.69) is 126 Å². The first-order valence-corrected chi connectivity index (χ1v) is 13.7. The van der Waals surface area contributed by atoms with Crippen LogP contribution in [0.25, 0.3) is 72.4 Å². The molecule has 0 fully saturated rings. The molecule has 0 N–H and O–H groups in total. The van der Waals surface area contributed by atoms with Crippen molar-refractivity contribution in [2.24, 2.45) is 0 Å². The Bertz CT molecular complexity index is 2190. The molecule has 8 rings (SSSR count). The fourth-order valence-electron chi connectivity index (χ4n) is 5.67. The zero-order valence-corrected chi connectivity index (χ0v) is 22.1. The van der Waals surface area contributed by atoms with Crippen LogP contribution in [-0.4, -0.2) is 19.5 Å². The van der Waals surface area contributed by atoms with Gasteiger partial charge in [0.2, 0.25) is 0 Å². The zero-order valence-electron chi connectivity index (χ0n) is 22.1. The summed E-state index contributed by atoms with van der Waals surface area (Å²) >= 11 is 0. The van der Waals surface area contributed by atoms with Gasteiger partial charge in [-0.15, -0.1) is 0 Å². The highest BCUT2D eigenvalue weighted by Gasteiger charge is 2.16. The zero-order chi connectivity index (χ0) is 27.2. The predicted octanol–water partition coefficient (Wildman–Crippen LogP) is 9.12. The maximum atomic E-state index is 5.16. The molecule has 6 aromatic carbocycles.